The molecule has 33 heavy (non-hydrogen) atoms. The van der Waals surface area contributed by atoms with E-state index in [1.165, 1.54) is 15.6 Å². The molecule has 0 saturated heterocycles. The molecule has 2 atom stereocenters. The lowest BCUT2D eigenvalue weighted by Crippen LogP contribution is -2.43. The van der Waals surface area contributed by atoms with Crippen LogP contribution in [0.3, 0.4) is 0 Å². The summed E-state index contributed by atoms with van der Waals surface area (Å²) in [5, 5.41) is 19.4. The van der Waals surface area contributed by atoms with Gasteiger partial charge in [0.1, 0.15) is 17.1 Å². The number of phenols is 1. The molecule has 3 N–H and O–H groups in total. The summed E-state index contributed by atoms with van der Waals surface area (Å²) < 4.78 is 1.25. The standard InChI is InChI=1S/C26H29N3O3S/c1-16(12-18-15-33-22-7-5-4-6-21(18)22)28-24-23(25(31)26(24)32)27-14-19(29(2)3)13-17-8-10-20(30)11-9-17/h4-11,15-16,19,27-28,30H,12-14H2,1-3H3/t16-,19?/m0/s1. The monoisotopic (exact) mass is 463 g/mol. The Morgan fingerprint density at radius 3 is 2.39 bits per heavy atom. The molecule has 0 spiro atoms. The lowest BCUT2D eigenvalue weighted by molar-refractivity contribution is 0.303. The van der Waals surface area contributed by atoms with E-state index in [2.05, 4.69) is 33.0 Å². The van der Waals surface area contributed by atoms with E-state index < -0.39 is 10.9 Å². The van der Waals surface area contributed by atoms with Crippen molar-refractivity contribution in [3.05, 3.63) is 85.5 Å². The minimum atomic E-state index is -0.465. The average molecular weight is 464 g/mol. The Kier molecular flexibility index (Phi) is 6.81. The lowest BCUT2D eigenvalue weighted by atomic mass is 10.0. The second-order valence-corrected chi connectivity index (χ2v) is 9.69. The van der Waals surface area contributed by atoms with Crippen LogP contribution >= 0.6 is 11.3 Å². The van der Waals surface area contributed by atoms with E-state index in [9.17, 15) is 14.7 Å². The van der Waals surface area contributed by atoms with Crippen LogP contribution in [0.25, 0.3) is 10.1 Å². The minimum absolute atomic E-state index is 0.00787. The average Bonchev–Trinajstić information content (AvgIpc) is 3.21. The Hall–Kier alpha value is -3.16. The molecule has 0 aliphatic carbocycles. The van der Waals surface area contributed by atoms with Crippen LogP contribution in [0.5, 0.6) is 5.75 Å². The number of aromatic hydroxyl groups is 1. The van der Waals surface area contributed by atoms with Gasteiger partial charge in [0.25, 0.3) is 10.9 Å². The SMILES string of the molecule is C[C@@H](Cc1csc2ccccc12)Nc1c(NCC(Cc2ccc(O)cc2)N(C)C)c(=O)c1=O. The van der Waals surface area contributed by atoms with Crippen molar-refractivity contribution in [2.75, 3.05) is 31.3 Å². The van der Waals surface area contributed by atoms with Crippen LogP contribution in [0.15, 0.2) is 63.5 Å². The molecule has 0 radical (unpaired) electrons. The largest absolute Gasteiger partial charge is 0.508 e. The highest BCUT2D eigenvalue weighted by Crippen LogP contribution is 2.27. The van der Waals surface area contributed by atoms with E-state index in [0.29, 0.717) is 17.9 Å². The van der Waals surface area contributed by atoms with Crippen molar-refractivity contribution in [2.45, 2.75) is 31.8 Å². The highest BCUT2D eigenvalue weighted by Gasteiger charge is 2.24. The number of nitrogens with one attached hydrogen (secondary N) is 2. The van der Waals surface area contributed by atoms with Gasteiger partial charge in [-0.25, -0.2) is 0 Å². The molecule has 4 rings (SSSR count). The number of thiophene rings is 1. The summed E-state index contributed by atoms with van der Waals surface area (Å²) in [5.74, 6) is 0.238. The molecule has 3 aromatic carbocycles. The first kappa shape index (κ1) is 23.0. The van der Waals surface area contributed by atoms with E-state index in [-0.39, 0.29) is 17.8 Å². The predicted molar refractivity (Wildman–Crippen MR) is 138 cm³/mol. The number of fused-ring (bicyclic) bond motifs is 1. The Morgan fingerprint density at radius 1 is 0.970 bits per heavy atom. The molecule has 0 aliphatic rings. The fourth-order valence-corrected chi connectivity index (χ4v) is 5.05. The summed E-state index contributed by atoms with van der Waals surface area (Å²) in [7, 11) is 3.97. The summed E-state index contributed by atoms with van der Waals surface area (Å²) >= 11 is 1.72. The fourth-order valence-electron chi connectivity index (χ4n) is 4.08. The highest BCUT2D eigenvalue weighted by molar-refractivity contribution is 7.17. The van der Waals surface area contributed by atoms with Gasteiger partial charge in [-0.1, -0.05) is 30.3 Å². The van der Waals surface area contributed by atoms with Gasteiger partial charge in [-0.3, -0.25) is 9.59 Å². The smallest absolute Gasteiger partial charge is 0.253 e. The second kappa shape index (κ2) is 9.77. The van der Waals surface area contributed by atoms with Crippen LogP contribution in [-0.2, 0) is 12.8 Å². The number of nitrogens with zero attached hydrogens (tertiary/aromatic N) is 1. The second-order valence-electron chi connectivity index (χ2n) is 8.78. The van der Waals surface area contributed by atoms with Gasteiger partial charge in [0.2, 0.25) is 0 Å². The van der Waals surface area contributed by atoms with Gasteiger partial charge in [0.05, 0.1) is 0 Å². The maximum absolute atomic E-state index is 12.3. The molecule has 1 aromatic heterocycles. The molecule has 7 heteroatoms. The van der Waals surface area contributed by atoms with Crippen LogP contribution in [0.2, 0.25) is 0 Å². The molecule has 0 aliphatic heterocycles. The van der Waals surface area contributed by atoms with Gasteiger partial charge in [0, 0.05) is 23.3 Å². The minimum Gasteiger partial charge on any atom is -0.508 e. The van der Waals surface area contributed by atoms with Crippen molar-refractivity contribution < 1.29 is 5.11 Å². The Labute approximate surface area is 197 Å². The summed E-state index contributed by atoms with van der Waals surface area (Å²) in [6, 6.07) is 15.6. The third kappa shape index (κ3) is 5.10. The Bertz CT molecular complexity index is 1300. The third-order valence-corrected chi connectivity index (χ3v) is 7.05. The number of hydrogen-bond donors (Lipinski definition) is 3. The lowest BCUT2D eigenvalue weighted by Gasteiger charge is -2.26. The van der Waals surface area contributed by atoms with Crippen LogP contribution in [-0.4, -0.2) is 42.7 Å². The summed E-state index contributed by atoms with van der Waals surface area (Å²) in [4.78, 5) is 26.6. The van der Waals surface area contributed by atoms with E-state index >= 15 is 0 Å². The van der Waals surface area contributed by atoms with E-state index in [1.807, 2.05) is 45.3 Å². The molecule has 0 fully saturated rings. The van der Waals surface area contributed by atoms with Crippen LogP contribution in [0, 0.1) is 0 Å². The fraction of sp³-hybridized carbons (Fsp3) is 0.308. The zero-order valence-electron chi connectivity index (χ0n) is 19.1. The van der Waals surface area contributed by atoms with Gasteiger partial charge in [-0.15, -0.1) is 11.3 Å². The van der Waals surface area contributed by atoms with E-state index in [0.717, 1.165) is 18.4 Å². The van der Waals surface area contributed by atoms with E-state index in [1.54, 1.807) is 23.5 Å². The first-order chi connectivity index (χ1) is 15.8. The molecule has 1 unspecified atom stereocenters. The number of phenolic OH excluding ortho intramolecular Hbond substituents is 1. The molecule has 0 saturated carbocycles. The third-order valence-electron chi connectivity index (χ3n) is 6.04. The van der Waals surface area contributed by atoms with Crippen LogP contribution in [0.4, 0.5) is 11.4 Å². The number of hydrogen-bond acceptors (Lipinski definition) is 7. The molecule has 6 nitrogen and oxygen atoms in total. The van der Waals surface area contributed by atoms with Crippen molar-refractivity contribution in [1.82, 2.24) is 4.90 Å². The predicted octanol–water partition coefficient (Wildman–Crippen LogP) is 3.83. The highest BCUT2D eigenvalue weighted by atomic mass is 32.1. The van der Waals surface area contributed by atoms with Gasteiger partial charge in [-0.05, 0) is 74.0 Å². The molecule has 0 amide bonds. The first-order valence-electron chi connectivity index (χ1n) is 11.1. The topological polar surface area (TPSA) is 81.7 Å². The number of anilines is 2. The first-order valence-corrected chi connectivity index (χ1v) is 11.9. The van der Waals surface area contributed by atoms with Gasteiger partial charge >= 0.3 is 0 Å². The quantitative estimate of drug-likeness (QED) is 0.310. The zero-order chi connectivity index (χ0) is 23.5. The summed E-state index contributed by atoms with van der Waals surface area (Å²) in [6.07, 6.45) is 1.52. The van der Waals surface area contributed by atoms with Crippen LogP contribution < -0.4 is 21.5 Å². The van der Waals surface area contributed by atoms with Crippen molar-refractivity contribution in [3.63, 3.8) is 0 Å². The van der Waals surface area contributed by atoms with Crippen molar-refractivity contribution in [3.8, 4) is 5.75 Å². The molecule has 1 heterocycles. The van der Waals surface area contributed by atoms with Gasteiger partial charge in [-0.2, -0.15) is 0 Å². The van der Waals surface area contributed by atoms with Gasteiger partial charge in [0.15, 0.2) is 0 Å². The molecular weight excluding hydrogens is 434 g/mol. The number of likely N-dealkylation sites (N-methyl/N-ethyl adjacent to an activating group) is 1. The normalized spacial score (nSPS) is 13.5. The van der Waals surface area contributed by atoms with Gasteiger partial charge < -0.3 is 20.6 Å². The van der Waals surface area contributed by atoms with Crippen molar-refractivity contribution >= 4 is 32.8 Å². The zero-order valence-corrected chi connectivity index (χ0v) is 19.9. The molecular formula is C26H29N3O3S. The molecule has 4 aromatic rings. The molecule has 172 valence electrons. The van der Waals surface area contributed by atoms with Crippen molar-refractivity contribution in [2.24, 2.45) is 0 Å². The Balaban J connectivity index is 1.41. The van der Waals surface area contributed by atoms with E-state index in [4.69, 9.17) is 0 Å². The number of benzene rings is 2. The summed E-state index contributed by atoms with van der Waals surface area (Å²) in [5.41, 5.74) is 2.17. The van der Waals surface area contributed by atoms with Crippen LogP contribution in [0.1, 0.15) is 18.1 Å². The Morgan fingerprint density at radius 2 is 1.67 bits per heavy atom. The maximum atomic E-state index is 12.3. The molecule has 0 bridgehead atoms. The van der Waals surface area contributed by atoms with Crippen molar-refractivity contribution in [1.29, 1.82) is 0 Å². The maximum Gasteiger partial charge on any atom is 0.253 e. The summed E-state index contributed by atoms with van der Waals surface area (Å²) in [6.45, 7) is 2.55. The number of rotatable bonds is 10.